The summed E-state index contributed by atoms with van der Waals surface area (Å²) >= 11 is 3.75. The summed E-state index contributed by atoms with van der Waals surface area (Å²) in [4.78, 5) is 29.2. The van der Waals surface area contributed by atoms with Crippen LogP contribution in [0.15, 0.2) is 0 Å². The van der Waals surface area contributed by atoms with Gasteiger partial charge in [0.2, 0.25) is 0 Å². The summed E-state index contributed by atoms with van der Waals surface area (Å²) in [6.07, 6.45) is 0.863. The highest BCUT2D eigenvalue weighted by Gasteiger charge is 2.29. The van der Waals surface area contributed by atoms with Crippen LogP contribution in [-0.2, 0) is 19.1 Å². The zero-order valence-electron chi connectivity index (χ0n) is 5.94. The second-order valence-corrected chi connectivity index (χ2v) is 2.37. The number of aldehydes is 1. The monoisotopic (exact) mass is 176 g/mol. The molecule has 0 spiro atoms. The molecule has 0 aromatic heterocycles. The van der Waals surface area contributed by atoms with Gasteiger partial charge in [-0.1, -0.05) is 0 Å². The Morgan fingerprint density at radius 1 is 1.64 bits per heavy atom. The van der Waals surface area contributed by atoms with Crippen molar-refractivity contribution < 1.29 is 19.1 Å². The minimum absolute atomic E-state index is 0.113. The highest BCUT2D eigenvalue weighted by atomic mass is 32.1. The quantitative estimate of drug-likeness (QED) is 0.243. The molecular formula is C6H8O4S. The average Bonchev–Trinajstić information content (AvgIpc) is 2.12. The molecule has 0 aromatic carbocycles. The van der Waals surface area contributed by atoms with Crippen LogP contribution in [0.4, 0.5) is 0 Å². The van der Waals surface area contributed by atoms with Gasteiger partial charge in [0.15, 0.2) is 0 Å². The van der Waals surface area contributed by atoms with E-state index in [9.17, 15) is 9.59 Å². The molecule has 1 fully saturated rings. The average molecular weight is 176 g/mol. The van der Waals surface area contributed by atoms with E-state index in [1.54, 1.807) is 0 Å². The van der Waals surface area contributed by atoms with Gasteiger partial charge in [0.1, 0.15) is 11.5 Å². The zero-order chi connectivity index (χ0) is 8.85. The summed E-state index contributed by atoms with van der Waals surface area (Å²) in [5.41, 5.74) is 0. The Kier molecular flexibility index (Phi) is 4.52. The standard InChI is InChI=1S/C4H4O3S.C2H4O/c5-3-1-2(8)4(6)7-3;1-2-3/h2,8H,1H2;2H,1H3. The van der Waals surface area contributed by atoms with Crippen LogP contribution in [0.5, 0.6) is 0 Å². The molecule has 0 radical (unpaired) electrons. The topological polar surface area (TPSA) is 60.4 Å². The number of hydrogen-bond donors (Lipinski definition) is 1. The van der Waals surface area contributed by atoms with Crippen LogP contribution in [0.25, 0.3) is 0 Å². The molecule has 1 heterocycles. The third kappa shape index (κ3) is 3.77. The fraction of sp³-hybridized carbons (Fsp3) is 0.500. The lowest BCUT2D eigenvalue weighted by molar-refractivity contribution is -0.151. The number of thiol groups is 1. The maximum Gasteiger partial charge on any atom is 0.327 e. The number of rotatable bonds is 0. The Balaban J connectivity index is 0.000000292. The summed E-state index contributed by atoms with van der Waals surface area (Å²) in [6.45, 7) is 1.44. The predicted octanol–water partition coefficient (Wildman–Crippen LogP) is -0.0365. The molecule has 1 unspecified atom stereocenters. The molecule has 5 heteroatoms. The van der Waals surface area contributed by atoms with Crippen LogP contribution in [-0.4, -0.2) is 23.5 Å². The first-order chi connectivity index (χ1) is 5.11. The van der Waals surface area contributed by atoms with Gasteiger partial charge < -0.3 is 9.53 Å². The second-order valence-electron chi connectivity index (χ2n) is 1.75. The highest BCUT2D eigenvalue weighted by Crippen LogP contribution is 2.12. The SMILES string of the molecule is CC=O.O=C1CC(S)C(=O)O1. The van der Waals surface area contributed by atoms with Gasteiger partial charge in [0.25, 0.3) is 0 Å². The van der Waals surface area contributed by atoms with E-state index in [1.165, 1.54) is 6.92 Å². The van der Waals surface area contributed by atoms with Crippen LogP contribution in [0.1, 0.15) is 13.3 Å². The number of ether oxygens (including phenoxy) is 1. The van der Waals surface area contributed by atoms with E-state index < -0.39 is 17.2 Å². The van der Waals surface area contributed by atoms with E-state index in [1.807, 2.05) is 0 Å². The van der Waals surface area contributed by atoms with Crippen LogP contribution in [0.2, 0.25) is 0 Å². The number of carbonyl (C=O) groups excluding carboxylic acids is 3. The third-order valence-electron chi connectivity index (χ3n) is 0.847. The molecule has 1 atom stereocenters. The van der Waals surface area contributed by atoms with Crippen molar-refractivity contribution in [3.8, 4) is 0 Å². The smallest absolute Gasteiger partial charge is 0.327 e. The van der Waals surface area contributed by atoms with E-state index in [2.05, 4.69) is 17.4 Å². The Bertz CT molecular complexity index is 177. The Labute approximate surface area is 69.3 Å². The van der Waals surface area contributed by atoms with E-state index in [4.69, 9.17) is 4.79 Å². The first-order valence-corrected chi connectivity index (χ1v) is 3.45. The van der Waals surface area contributed by atoms with Crippen molar-refractivity contribution in [2.45, 2.75) is 18.6 Å². The van der Waals surface area contributed by atoms with Crippen molar-refractivity contribution in [1.82, 2.24) is 0 Å². The van der Waals surface area contributed by atoms with Gasteiger partial charge in [-0.05, 0) is 6.92 Å². The van der Waals surface area contributed by atoms with E-state index in [-0.39, 0.29) is 6.42 Å². The lowest BCUT2D eigenvalue weighted by atomic mass is 10.4. The van der Waals surface area contributed by atoms with Gasteiger partial charge in [-0.25, -0.2) is 0 Å². The maximum atomic E-state index is 10.3. The van der Waals surface area contributed by atoms with Gasteiger partial charge >= 0.3 is 11.9 Å². The van der Waals surface area contributed by atoms with Crippen molar-refractivity contribution in [3.05, 3.63) is 0 Å². The van der Waals surface area contributed by atoms with Crippen molar-refractivity contribution in [2.24, 2.45) is 0 Å². The molecule has 0 amide bonds. The molecule has 1 aliphatic heterocycles. The first kappa shape index (κ1) is 10.2. The van der Waals surface area contributed by atoms with Crippen LogP contribution < -0.4 is 0 Å². The molecule has 0 N–H and O–H groups in total. The molecule has 1 aliphatic rings. The van der Waals surface area contributed by atoms with Crippen molar-refractivity contribution in [3.63, 3.8) is 0 Å². The molecule has 1 rings (SSSR count). The van der Waals surface area contributed by atoms with Crippen LogP contribution in [0.3, 0.4) is 0 Å². The van der Waals surface area contributed by atoms with Crippen molar-refractivity contribution >= 4 is 30.9 Å². The normalized spacial score (nSPS) is 21.8. The Morgan fingerprint density at radius 3 is 2.18 bits per heavy atom. The fourth-order valence-corrected chi connectivity index (χ4v) is 0.665. The van der Waals surface area contributed by atoms with Crippen molar-refractivity contribution in [1.29, 1.82) is 0 Å². The van der Waals surface area contributed by atoms with Gasteiger partial charge in [-0.15, -0.1) is 0 Å². The number of hydrogen-bond acceptors (Lipinski definition) is 5. The molecule has 1 saturated heterocycles. The predicted molar refractivity (Wildman–Crippen MR) is 40.2 cm³/mol. The van der Waals surface area contributed by atoms with Gasteiger partial charge in [0.05, 0.1) is 6.42 Å². The molecule has 0 aliphatic carbocycles. The molecule has 0 saturated carbocycles. The van der Waals surface area contributed by atoms with Crippen LogP contribution >= 0.6 is 12.6 Å². The van der Waals surface area contributed by atoms with E-state index >= 15 is 0 Å². The summed E-state index contributed by atoms with van der Waals surface area (Å²) < 4.78 is 4.12. The van der Waals surface area contributed by atoms with E-state index in [0.717, 1.165) is 6.29 Å². The Morgan fingerprint density at radius 2 is 2.09 bits per heavy atom. The minimum atomic E-state index is -0.529. The molecule has 62 valence electrons. The second kappa shape index (κ2) is 4.90. The summed E-state index contributed by atoms with van der Waals surface area (Å²) in [6, 6.07) is 0. The van der Waals surface area contributed by atoms with Crippen LogP contribution in [0, 0.1) is 0 Å². The number of cyclic esters (lactones) is 2. The largest absolute Gasteiger partial charge is 0.392 e. The number of esters is 2. The lowest BCUT2D eigenvalue weighted by Gasteiger charge is -1.85. The lowest BCUT2D eigenvalue weighted by Crippen LogP contribution is -2.04. The molecule has 0 aromatic rings. The summed E-state index contributed by atoms with van der Waals surface area (Å²) in [5, 5.41) is -0.525. The zero-order valence-corrected chi connectivity index (χ0v) is 6.84. The number of carbonyl (C=O) groups is 3. The van der Waals surface area contributed by atoms with E-state index in [0.29, 0.717) is 0 Å². The summed E-state index contributed by atoms with van der Waals surface area (Å²) in [7, 11) is 0. The highest BCUT2D eigenvalue weighted by molar-refractivity contribution is 7.81. The van der Waals surface area contributed by atoms with Gasteiger partial charge in [-0.2, -0.15) is 12.6 Å². The fourth-order valence-electron chi connectivity index (χ4n) is 0.463. The molecular weight excluding hydrogens is 168 g/mol. The maximum absolute atomic E-state index is 10.3. The first-order valence-electron chi connectivity index (χ1n) is 2.94. The van der Waals surface area contributed by atoms with Gasteiger partial charge in [0, 0.05) is 0 Å². The summed E-state index contributed by atoms with van der Waals surface area (Å²) in [5.74, 6) is -1.01. The molecule has 4 nitrogen and oxygen atoms in total. The Hall–Kier alpha value is -0.840. The third-order valence-corrected chi connectivity index (χ3v) is 1.24. The molecule has 0 bridgehead atoms. The minimum Gasteiger partial charge on any atom is -0.392 e. The molecule has 11 heavy (non-hydrogen) atoms. The van der Waals surface area contributed by atoms with Gasteiger partial charge in [-0.3, -0.25) is 9.59 Å². The van der Waals surface area contributed by atoms with Crippen molar-refractivity contribution in [2.75, 3.05) is 0 Å².